The average molecular weight is 273 g/mol. The summed E-state index contributed by atoms with van der Waals surface area (Å²) in [5, 5.41) is 4.08. The Morgan fingerprint density at radius 3 is 2.72 bits per heavy atom. The number of rotatable bonds is 3. The molecule has 0 bridgehead atoms. The molecule has 1 aliphatic rings. The van der Waals surface area contributed by atoms with Crippen LogP contribution in [0.25, 0.3) is 0 Å². The first-order valence-corrected chi connectivity index (χ1v) is 7.21. The Morgan fingerprint density at radius 1 is 1.39 bits per heavy atom. The van der Waals surface area contributed by atoms with Crippen LogP contribution in [-0.4, -0.2) is 20.2 Å². The molecule has 0 radical (unpaired) electrons. The highest BCUT2D eigenvalue weighted by Gasteiger charge is 2.24. The van der Waals surface area contributed by atoms with Gasteiger partial charge in [-0.25, -0.2) is 17.2 Å². The van der Waals surface area contributed by atoms with Crippen LogP contribution < -0.4 is 5.32 Å². The smallest absolute Gasteiger partial charge is 0.173 e. The first-order chi connectivity index (χ1) is 8.39. The van der Waals surface area contributed by atoms with Crippen molar-refractivity contribution in [3.05, 3.63) is 46.9 Å². The van der Waals surface area contributed by atoms with Gasteiger partial charge in [-0.2, -0.15) is 0 Å². The van der Waals surface area contributed by atoms with Crippen molar-refractivity contribution in [1.29, 1.82) is 0 Å². The Balaban J connectivity index is 2.12. The molecule has 0 amide bonds. The molecule has 1 aromatic carbocycles. The summed E-state index contributed by atoms with van der Waals surface area (Å²) >= 11 is 0. The second-order valence-corrected chi connectivity index (χ2v) is 6.23. The summed E-state index contributed by atoms with van der Waals surface area (Å²) in [5.74, 6) is -1.85. The number of benzene rings is 1. The Kier molecular flexibility index (Phi) is 3.49. The molecule has 0 aromatic heterocycles. The van der Waals surface area contributed by atoms with Gasteiger partial charge in [-0.05, 0) is 13.0 Å². The van der Waals surface area contributed by atoms with Crippen molar-refractivity contribution in [1.82, 2.24) is 5.32 Å². The molecular weight excluding hydrogens is 260 g/mol. The van der Waals surface area contributed by atoms with E-state index < -0.39 is 27.5 Å². The maximum Gasteiger partial charge on any atom is 0.173 e. The quantitative estimate of drug-likeness (QED) is 0.915. The number of hydrogen-bond donors (Lipinski definition) is 1. The van der Waals surface area contributed by atoms with Crippen LogP contribution in [0.4, 0.5) is 8.78 Å². The largest absolute Gasteiger partial charge is 0.303 e. The number of hydrogen-bond acceptors (Lipinski definition) is 3. The van der Waals surface area contributed by atoms with Crippen LogP contribution in [0.2, 0.25) is 0 Å². The molecule has 1 N–H and O–H groups in total. The van der Waals surface area contributed by atoms with Gasteiger partial charge < -0.3 is 5.32 Å². The highest BCUT2D eigenvalue weighted by Crippen LogP contribution is 2.20. The van der Waals surface area contributed by atoms with Crippen molar-refractivity contribution in [2.45, 2.75) is 19.0 Å². The summed E-state index contributed by atoms with van der Waals surface area (Å²) in [6, 6.07) is 3.11. The Hall–Kier alpha value is -1.27. The summed E-state index contributed by atoms with van der Waals surface area (Å²) in [7, 11) is -3.15. The van der Waals surface area contributed by atoms with E-state index in [4.69, 9.17) is 0 Å². The second kappa shape index (κ2) is 4.78. The van der Waals surface area contributed by atoms with Crippen molar-refractivity contribution >= 4 is 9.84 Å². The SMILES string of the molecule is CC(NC1C=CS(=O)(=O)C1)c1cccc(F)c1F. The molecule has 0 aliphatic carbocycles. The topological polar surface area (TPSA) is 46.2 Å². The van der Waals surface area contributed by atoms with Gasteiger partial charge in [0, 0.05) is 23.1 Å². The molecule has 2 unspecified atom stereocenters. The number of nitrogens with one attached hydrogen (secondary N) is 1. The van der Waals surface area contributed by atoms with Gasteiger partial charge in [-0.1, -0.05) is 18.2 Å². The van der Waals surface area contributed by atoms with Gasteiger partial charge in [0.25, 0.3) is 0 Å². The van der Waals surface area contributed by atoms with E-state index in [1.54, 1.807) is 6.92 Å². The van der Waals surface area contributed by atoms with E-state index in [1.165, 1.54) is 18.2 Å². The predicted octanol–water partition coefficient (Wildman–Crippen LogP) is 1.93. The molecule has 1 heterocycles. The summed E-state index contributed by atoms with van der Waals surface area (Å²) in [4.78, 5) is 0. The van der Waals surface area contributed by atoms with Crippen molar-refractivity contribution in [3.63, 3.8) is 0 Å². The highest BCUT2D eigenvalue weighted by molar-refractivity contribution is 7.94. The molecule has 3 nitrogen and oxygen atoms in total. The first kappa shape index (κ1) is 13.2. The van der Waals surface area contributed by atoms with Crippen LogP contribution >= 0.6 is 0 Å². The molecule has 18 heavy (non-hydrogen) atoms. The molecule has 1 aliphatic heterocycles. The van der Waals surface area contributed by atoms with Crippen LogP contribution in [0.1, 0.15) is 18.5 Å². The lowest BCUT2D eigenvalue weighted by molar-refractivity contribution is 0.465. The molecule has 1 aromatic rings. The molecule has 0 saturated carbocycles. The van der Waals surface area contributed by atoms with Crippen LogP contribution in [0.15, 0.2) is 29.7 Å². The van der Waals surface area contributed by atoms with Crippen molar-refractivity contribution in [3.8, 4) is 0 Å². The van der Waals surface area contributed by atoms with E-state index in [0.29, 0.717) is 0 Å². The molecule has 2 rings (SSSR count). The van der Waals surface area contributed by atoms with Gasteiger partial charge in [0.05, 0.1) is 5.75 Å². The lowest BCUT2D eigenvalue weighted by Gasteiger charge is -2.18. The first-order valence-electron chi connectivity index (χ1n) is 5.50. The van der Waals surface area contributed by atoms with Gasteiger partial charge >= 0.3 is 0 Å². The highest BCUT2D eigenvalue weighted by atomic mass is 32.2. The third-order valence-electron chi connectivity index (χ3n) is 2.84. The van der Waals surface area contributed by atoms with Gasteiger partial charge in [0.15, 0.2) is 21.5 Å². The Labute approximate surface area is 104 Å². The normalized spacial score (nSPS) is 23.2. The maximum atomic E-state index is 13.5. The van der Waals surface area contributed by atoms with E-state index >= 15 is 0 Å². The third kappa shape index (κ3) is 2.76. The zero-order chi connectivity index (χ0) is 13.3. The Bertz CT molecular complexity index is 584. The van der Waals surface area contributed by atoms with Crippen LogP contribution in [0.5, 0.6) is 0 Å². The Morgan fingerprint density at radius 2 is 2.11 bits per heavy atom. The van der Waals surface area contributed by atoms with E-state index in [2.05, 4.69) is 5.32 Å². The minimum absolute atomic E-state index is 0.0473. The van der Waals surface area contributed by atoms with Crippen molar-refractivity contribution in [2.75, 3.05) is 5.75 Å². The van der Waals surface area contributed by atoms with Crippen molar-refractivity contribution < 1.29 is 17.2 Å². The van der Waals surface area contributed by atoms with Gasteiger partial charge in [0.2, 0.25) is 0 Å². The summed E-state index contributed by atoms with van der Waals surface area (Å²) in [6.45, 7) is 1.66. The fourth-order valence-electron chi connectivity index (χ4n) is 1.95. The molecule has 6 heteroatoms. The van der Waals surface area contributed by atoms with Crippen molar-refractivity contribution in [2.24, 2.45) is 0 Å². The average Bonchev–Trinajstić information content (AvgIpc) is 2.62. The lowest BCUT2D eigenvalue weighted by Crippen LogP contribution is -2.32. The molecule has 98 valence electrons. The van der Waals surface area contributed by atoms with E-state index in [1.807, 2.05) is 0 Å². The fourth-order valence-corrected chi connectivity index (χ4v) is 3.19. The standard InChI is InChI=1S/C12H13F2NO2S/c1-8(10-3-2-4-11(13)12(10)14)15-9-5-6-18(16,17)7-9/h2-6,8-9,15H,7H2,1H3. The third-order valence-corrected chi connectivity index (χ3v) is 4.24. The molecule has 0 saturated heterocycles. The van der Waals surface area contributed by atoms with E-state index in [0.717, 1.165) is 11.5 Å². The lowest BCUT2D eigenvalue weighted by atomic mass is 10.1. The van der Waals surface area contributed by atoms with E-state index in [-0.39, 0.29) is 17.4 Å². The number of halogens is 2. The van der Waals surface area contributed by atoms with Gasteiger partial charge in [-0.3, -0.25) is 0 Å². The molecule has 2 atom stereocenters. The fraction of sp³-hybridized carbons (Fsp3) is 0.333. The number of sulfone groups is 1. The summed E-state index contributed by atoms with van der Waals surface area (Å²) in [6.07, 6.45) is 1.52. The zero-order valence-corrected chi connectivity index (χ0v) is 10.5. The molecule has 0 spiro atoms. The second-order valence-electron chi connectivity index (χ2n) is 4.30. The monoisotopic (exact) mass is 273 g/mol. The zero-order valence-electron chi connectivity index (χ0n) is 9.73. The maximum absolute atomic E-state index is 13.5. The van der Waals surface area contributed by atoms with Gasteiger partial charge in [0.1, 0.15) is 0 Å². The van der Waals surface area contributed by atoms with E-state index in [9.17, 15) is 17.2 Å². The summed E-state index contributed by atoms with van der Waals surface area (Å²) < 4.78 is 49.0. The molecular formula is C12H13F2NO2S. The minimum Gasteiger partial charge on any atom is -0.303 e. The van der Waals surface area contributed by atoms with Crippen LogP contribution in [0, 0.1) is 11.6 Å². The minimum atomic E-state index is -3.15. The summed E-state index contributed by atoms with van der Waals surface area (Å²) in [5.41, 5.74) is 0.188. The molecule has 0 fully saturated rings. The van der Waals surface area contributed by atoms with Crippen LogP contribution in [0.3, 0.4) is 0 Å². The predicted molar refractivity (Wildman–Crippen MR) is 64.6 cm³/mol. The van der Waals surface area contributed by atoms with Gasteiger partial charge in [-0.15, -0.1) is 0 Å². The van der Waals surface area contributed by atoms with Crippen LogP contribution in [-0.2, 0) is 9.84 Å².